The molecule has 0 aliphatic carbocycles. The van der Waals surface area contributed by atoms with Crippen molar-refractivity contribution in [3.05, 3.63) is 53.1 Å². The number of rotatable bonds is 0. The molecule has 1 N–H and O–H groups in total. The zero-order chi connectivity index (χ0) is 18.3. The number of halogens is 3. The third kappa shape index (κ3) is 3.03. The monoisotopic (exact) mass is 361 g/mol. The van der Waals surface area contributed by atoms with Gasteiger partial charge in [-0.2, -0.15) is 13.2 Å². The van der Waals surface area contributed by atoms with Crippen LogP contribution in [0.1, 0.15) is 16.7 Å². The largest absolute Gasteiger partial charge is 0.454 e. The highest BCUT2D eigenvalue weighted by Gasteiger charge is 2.32. The first kappa shape index (κ1) is 16.9. The Labute approximate surface area is 149 Å². The van der Waals surface area contributed by atoms with Gasteiger partial charge in [0.2, 0.25) is 0 Å². The lowest BCUT2D eigenvalue weighted by atomic mass is 10.1. The summed E-state index contributed by atoms with van der Waals surface area (Å²) in [5.41, 5.74) is 1.18. The van der Waals surface area contributed by atoms with E-state index in [1.807, 2.05) is 25.1 Å². The zero-order valence-corrected chi connectivity index (χ0v) is 14.2. The van der Waals surface area contributed by atoms with E-state index >= 15 is 0 Å². The second-order valence-electron chi connectivity index (χ2n) is 6.41. The molecular weight excluding hydrogens is 343 g/mol. The predicted octanol–water partition coefficient (Wildman–Crippen LogP) is 4.10. The van der Waals surface area contributed by atoms with Crippen LogP contribution in [-0.4, -0.2) is 36.9 Å². The van der Waals surface area contributed by atoms with Crippen molar-refractivity contribution >= 4 is 11.5 Å². The first-order chi connectivity index (χ1) is 12.4. The van der Waals surface area contributed by atoms with E-state index in [1.54, 1.807) is 0 Å². The maximum atomic E-state index is 13.1. The Kier molecular flexibility index (Phi) is 4.11. The van der Waals surface area contributed by atoms with Crippen molar-refractivity contribution in [2.75, 3.05) is 26.2 Å². The van der Waals surface area contributed by atoms with Crippen LogP contribution in [0.25, 0.3) is 0 Å². The molecule has 2 aliphatic rings. The fourth-order valence-electron chi connectivity index (χ4n) is 3.23. The second kappa shape index (κ2) is 6.32. The molecule has 4 nitrogen and oxygen atoms in total. The van der Waals surface area contributed by atoms with Gasteiger partial charge in [-0.15, -0.1) is 0 Å². The number of ether oxygens (including phenoxy) is 1. The number of benzene rings is 2. The van der Waals surface area contributed by atoms with Gasteiger partial charge in [0, 0.05) is 26.2 Å². The highest BCUT2D eigenvalue weighted by atomic mass is 19.4. The second-order valence-corrected chi connectivity index (χ2v) is 6.41. The van der Waals surface area contributed by atoms with Gasteiger partial charge in [0.1, 0.15) is 17.3 Å². The van der Waals surface area contributed by atoms with E-state index in [9.17, 15) is 13.2 Å². The summed E-state index contributed by atoms with van der Waals surface area (Å²) >= 11 is 0. The van der Waals surface area contributed by atoms with Crippen molar-refractivity contribution in [1.29, 1.82) is 0 Å². The maximum Gasteiger partial charge on any atom is 0.416 e. The molecule has 0 atom stereocenters. The topological polar surface area (TPSA) is 36.9 Å². The van der Waals surface area contributed by atoms with Crippen LogP contribution in [0.3, 0.4) is 0 Å². The number of nitrogens with one attached hydrogen (secondary N) is 1. The van der Waals surface area contributed by atoms with E-state index in [0.29, 0.717) is 17.3 Å². The van der Waals surface area contributed by atoms with E-state index in [-0.39, 0.29) is 5.69 Å². The van der Waals surface area contributed by atoms with Gasteiger partial charge < -0.3 is 15.0 Å². The van der Waals surface area contributed by atoms with Crippen LogP contribution in [0.4, 0.5) is 18.9 Å². The average molecular weight is 361 g/mol. The zero-order valence-electron chi connectivity index (χ0n) is 14.2. The van der Waals surface area contributed by atoms with Crippen molar-refractivity contribution in [2.24, 2.45) is 4.99 Å². The Morgan fingerprint density at radius 2 is 1.88 bits per heavy atom. The molecule has 2 aromatic rings. The molecule has 2 aliphatic heterocycles. The number of aryl methyl sites for hydroxylation is 1. The molecule has 0 radical (unpaired) electrons. The highest BCUT2D eigenvalue weighted by molar-refractivity contribution is 6.04. The highest BCUT2D eigenvalue weighted by Crippen LogP contribution is 2.42. The molecule has 7 heteroatoms. The lowest BCUT2D eigenvalue weighted by Crippen LogP contribution is -2.46. The number of amidine groups is 1. The van der Waals surface area contributed by atoms with Crippen LogP contribution in [0.5, 0.6) is 11.5 Å². The summed E-state index contributed by atoms with van der Waals surface area (Å²) in [5.74, 6) is 1.63. The number of fused-ring (bicyclic) bond motifs is 2. The van der Waals surface area contributed by atoms with E-state index in [4.69, 9.17) is 4.74 Å². The number of hydrogen-bond acceptors (Lipinski definition) is 4. The molecule has 2 aromatic carbocycles. The van der Waals surface area contributed by atoms with Gasteiger partial charge in [-0.05, 0) is 36.8 Å². The molecule has 136 valence electrons. The van der Waals surface area contributed by atoms with Crippen LogP contribution in [0, 0.1) is 6.92 Å². The van der Waals surface area contributed by atoms with Gasteiger partial charge in [0.25, 0.3) is 0 Å². The number of hydrogen-bond donors (Lipinski definition) is 1. The van der Waals surface area contributed by atoms with E-state index < -0.39 is 11.7 Å². The maximum absolute atomic E-state index is 13.1. The normalized spacial score (nSPS) is 16.9. The smallest absolute Gasteiger partial charge is 0.416 e. The molecule has 1 fully saturated rings. The summed E-state index contributed by atoms with van der Waals surface area (Å²) < 4.78 is 45.4. The summed E-state index contributed by atoms with van der Waals surface area (Å²) in [6.45, 7) is 5.00. The van der Waals surface area contributed by atoms with Crippen LogP contribution < -0.4 is 10.1 Å². The lowest BCUT2D eigenvalue weighted by molar-refractivity contribution is -0.137. The van der Waals surface area contributed by atoms with Gasteiger partial charge in [0.15, 0.2) is 5.75 Å². The number of nitrogens with zero attached hydrogens (tertiary/aromatic N) is 2. The molecule has 0 spiro atoms. The summed E-state index contributed by atoms with van der Waals surface area (Å²) in [5, 5.41) is 3.28. The van der Waals surface area contributed by atoms with Crippen molar-refractivity contribution in [3.8, 4) is 11.5 Å². The number of aliphatic imine (C=N–C) groups is 1. The first-order valence-electron chi connectivity index (χ1n) is 8.47. The minimum atomic E-state index is -4.42. The quantitative estimate of drug-likeness (QED) is 0.768. The van der Waals surface area contributed by atoms with Crippen molar-refractivity contribution in [3.63, 3.8) is 0 Å². The molecule has 26 heavy (non-hydrogen) atoms. The fraction of sp³-hybridized carbons (Fsp3) is 0.316. The minimum Gasteiger partial charge on any atom is -0.454 e. The molecule has 0 amide bonds. The summed E-state index contributed by atoms with van der Waals surface area (Å²) in [4.78, 5) is 6.70. The Bertz CT molecular complexity index is 871. The fourth-order valence-corrected chi connectivity index (χ4v) is 3.23. The standard InChI is InChI=1S/C19H18F3N3O/c1-12-3-2-4-14-17(12)26-16-6-5-13(19(20,21)22)11-15(16)24-18(14)25-9-7-23-8-10-25/h2-6,11,23H,7-10H2,1H3. The lowest BCUT2D eigenvalue weighted by Gasteiger charge is -2.30. The Hall–Kier alpha value is -2.54. The average Bonchev–Trinajstić information content (AvgIpc) is 2.79. The number of para-hydroxylation sites is 1. The Balaban J connectivity index is 1.89. The Morgan fingerprint density at radius 1 is 1.12 bits per heavy atom. The SMILES string of the molecule is Cc1cccc2c1Oc1ccc(C(F)(F)F)cc1N=C2N1CCNCC1. The van der Waals surface area contributed by atoms with E-state index in [2.05, 4.69) is 15.2 Å². The van der Waals surface area contributed by atoms with E-state index in [0.717, 1.165) is 49.4 Å². The molecule has 4 rings (SSSR count). The van der Waals surface area contributed by atoms with Gasteiger partial charge in [-0.3, -0.25) is 0 Å². The number of piperazine rings is 1. The van der Waals surface area contributed by atoms with Crippen LogP contribution in [0.2, 0.25) is 0 Å². The van der Waals surface area contributed by atoms with Crippen LogP contribution in [-0.2, 0) is 6.18 Å². The molecule has 0 bridgehead atoms. The molecule has 0 unspecified atom stereocenters. The van der Waals surface area contributed by atoms with Crippen LogP contribution in [0.15, 0.2) is 41.4 Å². The van der Waals surface area contributed by atoms with Gasteiger partial charge in [-0.25, -0.2) is 4.99 Å². The number of alkyl halides is 3. The predicted molar refractivity (Wildman–Crippen MR) is 93.3 cm³/mol. The van der Waals surface area contributed by atoms with Crippen molar-refractivity contribution in [2.45, 2.75) is 13.1 Å². The summed E-state index contributed by atoms with van der Waals surface area (Å²) in [6.07, 6.45) is -4.42. The van der Waals surface area contributed by atoms with Gasteiger partial charge >= 0.3 is 6.18 Å². The Morgan fingerprint density at radius 3 is 2.62 bits per heavy atom. The molecule has 2 heterocycles. The molecular formula is C19H18F3N3O. The van der Waals surface area contributed by atoms with Crippen molar-refractivity contribution < 1.29 is 17.9 Å². The summed E-state index contributed by atoms with van der Waals surface area (Å²) in [7, 11) is 0. The third-order valence-electron chi connectivity index (χ3n) is 4.59. The molecule has 0 saturated carbocycles. The minimum absolute atomic E-state index is 0.198. The molecule has 0 aromatic heterocycles. The first-order valence-corrected chi connectivity index (χ1v) is 8.47. The van der Waals surface area contributed by atoms with Gasteiger partial charge in [-0.1, -0.05) is 12.1 Å². The van der Waals surface area contributed by atoms with Crippen LogP contribution >= 0.6 is 0 Å². The van der Waals surface area contributed by atoms with Gasteiger partial charge in [0.05, 0.1) is 11.1 Å². The summed E-state index contributed by atoms with van der Waals surface area (Å²) in [6, 6.07) is 9.16. The van der Waals surface area contributed by atoms with Crippen molar-refractivity contribution in [1.82, 2.24) is 10.2 Å². The third-order valence-corrected chi connectivity index (χ3v) is 4.59. The van der Waals surface area contributed by atoms with E-state index in [1.165, 1.54) is 6.07 Å². The molecule has 1 saturated heterocycles.